The summed E-state index contributed by atoms with van der Waals surface area (Å²) in [6.07, 6.45) is -101. The van der Waals surface area contributed by atoms with E-state index in [4.69, 9.17) is 0 Å². The largest absolute Gasteiger partial charge is 2.00 e. The fourth-order valence-corrected chi connectivity index (χ4v) is 7.88. The van der Waals surface area contributed by atoms with E-state index in [9.17, 15) is 52.7 Å². The van der Waals surface area contributed by atoms with Crippen LogP contribution in [0.1, 0.15) is 66.8 Å². The van der Waals surface area contributed by atoms with E-state index in [2.05, 4.69) is 0 Å². The molecule has 0 amide bonds. The van der Waals surface area contributed by atoms with E-state index in [0.717, 1.165) is 0 Å². The molecule has 0 saturated heterocycles. The molecule has 0 heterocycles. The summed E-state index contributed by atoms with van der Waals surface area (Å²) in [6, 6.07) is -18.1. The summed E-state index contributed by atoms with van der Waals surface area (Å²) in [5.41, 5.74) is -74.1. The number of alkyl halides is 36. The minimum absolute atomic E-state index is 0. The molecule has 0 aliphatic carbocycles. The molecule has 75 heavy (non-hydrogen) atoms. The molecule has 0 atom stereocenters. The van der Waals surface area contributed by atoms with Crippen LogP contribution < -0.4 is 45.8 Å². The molecule has 416 valence electrons. The number of hydrogen-bond acceptors (Lipinski definition) is 0. The van der Waals surface area contributed by atoms with Gasteiger partial charge in [0.25, 0.3) is 0 Å². The predicted molar refractivity (Wildman–Crippen MR) is 176 cm³/mol. The van der Waals surface area contributed by atoms with E-state index in [1.165, 1.54) is 0 Å². The van der Waals surface area contributed by atoms with Crippen molar-refractivity contribution >= 4 is 51.0 Å². The van der Waals surface area contributed by atoms with E-state index in [1.54, 1.807) is 0 Å². The van der Waals surface area contributed by atoms with Crippen LogP contribution in [0.5, 0.6) is 0 Å². The molecule has 0 spiro atoms. The van der Waals surface area contributed by atoms with Crippen LogP contribution in [0.15, 0.2) is 48.5 Å². The van der Waals surface area contributed by atoms with Crippen molar-refractivity contribution in [3.63, 3.8) is 0 Å². The number of benzene rings is 4. The zero-order valence-corrected chi connectivity index (χ0v) is 37.5. The topological polar surface area (TPSA) is 0 Å². The van der Waals surface area contributed by atoms with Crippen LogP contribution in [0.25, 0.3) is 0 Å². The van der Waals surface area contributed by atoms with Gasteiger partial charge >= 0.3 is 97.2 Å². The van der Waals surface area contributed by atoms with Gasteiger partial charge in [0, 0.05) is 44.5 Å². The van der Waals surface area contributed by atoms with Crippen molar-refractivity contribution in [1.82, 2.24) is 0 Å². The van der Waals surface area contributed by atoms with Crippen LogP contribution in [0.4, 0.5) is 158 Å². The zero-order valence-electron chi connectivity index (χ0n) is 33.9. The molecule has 0 aromatic heterocycles. The van der Waals surface area contributed by atoms with Crippen molar-refractivity contribution in [3.8, 4) is 0 Å². The molecule has 0 unspecified atom stereocenters. The van der Waals surface area contributed by atoms with Crippen molar-refractivity contribution in [3.05, 3.63) is 115 Å². The third-order valence-electron chi connectivity index (χ3n) is 10.2. The maximum Gasteiger partial charge on any atom is 2.00 e. The first-order chi connectivity index (χ1) is 31.8. The first-order valence-corrected chi connectivity index (χ1v) is 17.6. The molecule has 0 saturated carbocycles. The van der Waals surface area contributed by atoms with Crippen molar-refractivity contribution in [1.29, 1.82) is 0 Å². The summed E-state index contributed by atoms with van der Waals surface area (Å²) < 4.78 is 540. The minimum Gasteiger partial charge on any atom is -1.00 e. The Balaban J connectivity index is 0.00000963. The molecule has 0 radical (unpaired) electrons. The van der Waals surface area contributed by atoms with E-state index < -0.39 is 217 Å². The minimum atomic E-state index is -9.45. The molecular formula is C36H8BF36IMg. The van der Waals surface area contributed by atoms with Crippen LogP contribution in [-0.4, -0.2) is 29.2 Å². The first-order valence-electron chi connectivity index (χ1n) is 17.6. The fourth-order valence-electron chi connectivity index (χ4n) is 7.88. The molecule has 0 aliphatic heterocycles. The molecule has 4 aromatic carbocycles. The van der Waals surface area contributed by atoms with E-state index in [1.807, 2.05) is 0 Å². The Kier molecular flexibility index (Phi) is 17.6. The molecule has 0 fully saturated rings. The van der Waals surface area contributed by atoms with Crippen LogP contribution in [-0.2, 0) is 74.1 Å². The molecule has 4 rings (SSSR count). The second-order valence-electron chi connectivity index (χ2n) is 14.8. The maximum atomic E-state index is 15.4. The van der Waals surface area contributed by atoms with E-state index in [0.29, 0.717) is 0 Å². The van der Waals surface area contributed by atoms with Gasteiger partial charge in [-0.15, -0.1) is 0 Å². The Hall–Kier alpha value is -4.08. The van der Waals surface area contributed by atoms with Crippen molar-refractivity contribution < 1.29 is 182 Å². The Morgan fingerprint density at radius 1 is 0.187 bits per heavy atom. The van der Waals surface area contributed by atoms with Gasteiger partial charge in [-0.1, -0.05) is 0 Å². The number of hydrogen-bond donors (Lipinski definition) is 0. The normalized spacial score (nSPS) is 14.5. The molecule has 0 N–H and O–H groups in total. The number of rotatable bonds is 4. The summed E-state index contributed by atoms with van der Waals surface area (Å²) >= 11 is 0. The molecule has 0 nitrogen and oxygen atoms in total. The summed E-state index contributed by atoms with van der Waals surface area (Å²) in [7, 11) is 0. The smallest absolute Gasteiger partial charge is 1.00 e. The maximum absolute atomic E-state index is 15.4. The quantitative estimate of drug-likeness (QED) is 0.109. The summed E-state index contributed by atoms with van der Waals surface area (Å²) in [4.78, 5) is 0. The van der Waals surface area contributed by atoms with Gasteiger partial charge in [0.05, 0.1) is 22.3 Å². The number of halogens is 37. The monoisotopic (exact) mass is 1290 g/mol. The molecule has 0 aliphatic rings. The molecule has 4 aromatic rings. The van der Waals surface area contributed by atoms with Gasteiger partial charge in [0.2, 0.25) is 0 Å². The average Bonchev–Trinajstić information content (AvgIpc) is 3.12. The van der Waals surface area contributed by atoms with Crippen LogP contribution in [0.3, 0.4) is 0 Å². The van der Waals surface area contributed by atoms with Gasteiger partial charge in [-0.05, 0) is 48.5 Å². The molecule has 39 heteroatoms. The van der Waals surface area contributed by atoms with Gasteiger partial charge in [-0.25, -0.2) is 0 Å². The zero-order chi connectivity index (χ0) is 57.4. The van der Waals surface area contributed by atoms with Gasteiger partial charge in [-0.2, -0.15) is 180 Å². The summed E-state index contributed by atoms with van der Waals surface area (Å²) in [6.45, 7) is 0. The van der Waals surface area contributed by atoms with Crippen molar-refractivity contribution in [2.45, 2.75) is 74.1 Å². The van der Waals surface area contributed by atoms with E-state index >= 15 is 105 Å². The van der Waals surface area contributed by atoms with Crippen LogP contribution >= 0.6 is 0 Å². The third kappa shape index (κ3) is 13.3. The third-order valence-corrected chi connectivity index (χ3v) is 10.2. The Morgan fingerprint density at radius 3 is 0.347 bits per heavy atom. The molecule has 0 bridgehead atoms. The summed E-state index contributed by atoms with van der Waals surface area (Å²) in [5.74, 6) is 0. The van der Waals surface area contributed by atoms with Crippen molar-refractivity contribution in [2.24, 2.45) is 0 Å². The molecular weight excluding hydrogens is 1280 g/mol. The van der Waals surface area contributed by atoms with Gasteiger partial charge in [-0.3, -0.25) is 0 Å². The standard InChI is InChI=1S/C36H8BF36.HI.Mg/c38-25(39,40)9-1-13(29(50,51)52)21(14(2-9)30(53,54)55)37(22-15(31(56,57)58)3-10(26(41,42)43)4-16(22)32(59,60)61,23-17(33(62,63)64)5-11(27(44,45)46)6-18(23)34(65,66)67)24-19(35(68,69)70)7-12(28(47,48)49)8-20(24)36(71,72)73;;/h1-8H;1H;/q-1;;+2/p-1. The second-order valence-corrected chi connectivity index (χ2v) is 14.8. The Morgan fingerprint density at radius 2 is 0.280 bits per heavy atom. The first kappa shape index (κ1) is 67.0. The van der Waals surface area contributed by atoms with Gasteiger partial charge in [0.1, 0.15) is 6.15 Å². The van der Waals surface area contributed by atoms with E-state index in [-0.39, 0.29) is 47.0 Å². The fraction of sp³-hybridized carbons (Fsp3) is 0.333. The second kappa shape index (κ2) is 19.7. The SMILES string of the molecule is FC(F)(F)c1cc(C(F)(F)F)c([B-](c2c(C(F)(F)F)cc(C(F)(F)F)cc2C(F)(F)F)(c2c(C(F)(F)F)cc(C(F)(F)F)cc2C(F)(F)F)c2c(C(F)(F)F)cc(C(F)(F)F)cc2C(F)(F)F)c(C(F)(F)F)c1.[I-].[Mg+2]. The average molecular weight is 1290 g/mol. The van der Waals surface area contributed by atoms with Crippen molar-refractivity contribution in [2.75, 3.05) is 0 Å². The Labute approximate surface area is 421 Å². The van der Waals surface area contributed by atoms with Gasteiger partial charge < -0.3 is 24.0 Å². The Bertz CT molecular complexity index is 2240. The summed E-state index contributed by atoms with van der Waals surface area (Å²) in [5, 5.41) is 0. The van der Waals surface area contributed by atoms with Crippen LogP contribution in [0, 0.1) is 0 Å². The van der Waals surface area contributed by atoms with Gasteiger partial charge in [0.15, 0.2) is 0 Å². The van der Waals surface area contributed by atoms with Crippen LogP contribution in [0.2, 0.25) is 0 Å². The predicted octanol–water partition coefficient (Wildman–Crippen LogP) is 11.9.